The Labute approximate surface area is 69.7 Å². The van der Waals surface area contributed by atoms with Crippen LogP contribution in [0.3, 0.4) is 0 Å². The molecule has 0 spiro atoms. The average molecular weight is 133 g/mol. The van der Waals surface area contributed by atoms with E-state index in [1.807, 2.05) is 0 Å². The van der Waals surface area contributed by atoms with Crippen LogP contribution in [0.2, 0.25) is 0 Å². The topological polar surface area (TPSA) is 0 Å². The fourth-order valence-corrected chi connectivity index (χ4v) is 0.655. The molecule has 0 rings (SSSR count). The summed E-state index contributed by atoms with van der Waals surface area (Å²) in [5.74, 6) is 1.57. The minimum atomic E-state index is 0. The van der Waals surface area contributed by atoms with Gasteiger partial charge in [-0.3, -0.25) is 0 Å². The first-order valence-electron chi connectivity index (χ1n) is 2.33. The van der Waals surface area contributed by atoms with Gasteiger partial charge >= 0.3 is 23.1 Å². The minimum Gasteiger partial charge on any atom is -1.00 e. The van der Waals surface area contributed by atoms with Crippen LogP contribution < -0.4 is 0 Å². The first-order valence-corrected chi connectivity index (χ1v) is 2.86. The summed E-state index contributed by atoms with van der Waals surface area (Å²) in [5.41, 5.74) is 0. The van der Waals surface area contributed by atoms with Crippen molar-refractivity contribution in [2.45, 2.75) is 20.3 Å². The van der Waals surface area contributed by atoms with Gasteiger partial charge in [0.05, 0.1) is 0 Å². The monoisotopic (exact) mass is 132 g/mol. The first kappa shape index (κ1) is 10.9. The molecule has 0 fully saturated rings. The maximum atomic E-state index is 5.40. The van der Waals surface area contributed by atoms with E-state index in [1.165, 1.54) is 0 Å². The zero-order chi connectivity index (χ0) is 4.99. The van der Waals surface area contributed by atoms with E-state index < -0.39 is 0 Å². The first-order chi connectivity index (χ1) is 2.77. The van der Waals surface area contributed by atoms with Gasteiger partial charge in [-0.2, -0.15) is 0 Å². The van der Waals surface area contributed by atoms with Crippen molar-refractivity contribution >= 4 is 34.7 Å². The number of alkyl halides is 1. The summed E-state index contributed by atoms with van der Waals surface area (Å²) in [5, 5.41) is 0. The van der Waals surface area contributed by atoms with Crippen LogP contribution in [-0.4, -0.2) is 28.9 Å². The molecular weight excluding hydrogens is 120 g/mol. The van der Waals surface area contributed by atoms with Gasteiger partial charge in [0.25, 0.3) is 0 Å². The van der Waals surface area contributed by atoms with Crippen molar-refractivity contribution in [3.8, 4) is 0 Å². The van der Waals surface area contributed by atoms with Crippen molar-refractivity contribution in [2.24, 2.45) is 5.92 Å². The van der Waals surface area contributed by atoms with Gasteiger partial charge in [0.15, 0.2) is 0 Å². The van der Waals surface area contributed by atoms with Crippen molar-refractivity contribution in [1.29, 1.82) is 0 Å². The molecule has 0 aliphatic carbocycles. The molecule has 0 amide bonds. The second-order valence-corrected chi connectivity index (χ2v) is 2.25. The van der Waals surface area contributed by atoms with Crippen molar-refractivity contribution in [1.82, 2.24) is 0 Å². The zero-order valence-electron chi connectivity index (χ0n) is 7.08. The molecular formula is C5H13ClMg. The molecule has 0 unspecified atom stereocenters. The summed E-state index contributed by atoms with van der Waals surface area (Å²) in [7, 11) is 0. The molecule has 0 aromatic rings. The van der Waals surface area contributed by atoms with Gasteiger partial charge in [-0.15, -0.1) is 11.6 Å². The van der Waals surface area contributed by atoms with Crippen LogP contribution in [0.5, 0.6) is 0 Å². The van der Waals surface area contributed by atoms with Crippen LogP contribution in [0, 0.1) is 5.92 Å². The molecule has 0 aliphatic rings. The SMILES string of the molecule is CC(C)CCCl.[H-].[H-].[Mg+2]. The van der Waals surface area contributed by atoms with E-state index in [2.05, 4.69) is 13.8 Å². The number of hydrogen-bond donors (Lipinski definition) is 0. The predicted octanol–water partition coefficient (Wildman–Crippen LogP) is 2.12. The van der Waals surface area contributed by atoms with Crippen molar-refractivity contribution < 1.29 is 2.85 Å². The van der Waals surface area contributed by atoms with Gasteiger partial charge in [0.1, 0.15) is 0 Å². The molecule has 0 aliphatic heterocycles. The summed E-state index contributed by atoms with van der Waals surface area (Å²) in [6.07, 6.45) is 1.14. The van der Waals surface area contributed by atoms with E-state index >= 15 is 0 Å². The van der Waals surface area contributed by atoms with Crippen molar-refractivity contribution in [2.75, 3.05) is 5.88 Å². The Morgan fingerprint density at radius 1 is 1.57 bits per heavy atom. The molecule has 7 heavy (non-hydrogen) atoms. The van der Waals surface area contributed by atoms with Gasteiger partial charge in [-0.1, -0.05) is 13.8 Å². The maximum Gasteiger partial charge on any atom is 2.00 e. The third kappa shape index (κ3) is 11.0. The summed E-state index contributed by atoms with van der Waals surface area (Å²) < 4.78 is 0. The summed E-state index contributed by atoms with van der Waals surface area (Å²) in [6, 6.07) is 0. The van der Waals surface area contributed by atoms with Crippen LogP contribution in [-0.2, 0) is 0 Å². The molecule has 0 atom stereocenters. The molecule has 0 aromatic carbocycles. The predicted molar refractivity (Wildman–Crippen MR) is 38.2 cm³/mol. The second-order valence-electron chi connectivity index (χ2n) is 1.87. The fraction of sp³-hybridized carbons (Fsp3) is 1.00. The van der Waals surface area contributed by atoms with E-state index in [-0.39, 0.29) is 25.9 Å². The Kier molecular flexibility index (Phi) is 11.0. The standard InChI is InChI=1S/C5H11Cl.Mg.2H/c1-5(2)3-4-6;;;/h5H,3-4H2,1-2H3;;;/q;+2;2*-1. The van der Waals surface area contributed by atoms with E-state index in [4.69, 9.17) is 11.6 Å². The van der Waals surface area contributed by atoms with E-state index in [1.54, 1.807) is 0 Å². The summed E-state index contributed by atoms with van der Waals surface area (Å²) in [6.45, 7) is 4.34. The number of halogens is 1. The van der Waals surface area contributed by atoms with Crippen molar-refractivity contribution in [3.05, 3.63) is 0 Å². The second kappa shape index (κ2) is 7.06. The minimum absolute atomic E-state index is 0. The van der Waals surface area contributed by atoms with Crippen LogP contribution >= 0.6 is 11.6 Å². The Bertz CT molecular complexity index is 36.1. The van der Waals surface area contributed by atoms with E-state index in [0.29, 0.717) is 0 Å². The van der Waals surface area contributed by atoms with Crippen LogP contribution in [0.4, 0.5) is 0 Å². The molecule has 0 nitrogen and oxygen atoms in total. The quantitative estimate of drug-likeness (QED) is 0.399. The molecule has 0 N–H and O–H groups in total. The van der Waals surface area contributed by atoms with Crippen molar-refractivity contribution in [3.63, 3.8) is 0 Å². The van der Waals surface area contributed by atoms with Crippen LogP contribution in [0.15, 0.2) is 0 Å². The Morgan fingerprint density at radius 3 is 2.00 bits per heavy atom. The molecule has 42 valence electrons. The fourth-order valence-electron chi connectivity index (χ4n) is 0.218. The molecule has 0 bridgehead atoms. The molecule has 2 heteroatoms. The van der Waals surface area contributed by atoms with Crippen LogP contribution in [0.1, 0.15) is 23.1 Å². The maximum absolute atomic E-state index is 5.40. The molecule has 0 saturated carbocycles. The Morgan fingerprint density at radius 2 is 2.00 bits per heavy atom. The van der Waals surface area contributed by atoms with Gasteiger partial charge in [-0.05, 0) is 12.3 Å². The van der Waals surface area contributed by atoms with Gasteiger partial charge < -0.3 is 2.85 Å². The zero-order valence-corrected chi connectivity index (χ0v) is 7.25. The third-order valence-electron chi connectivity index (χ3n) is 0.686. The van der Waals surface area contributed by atoms with Gasteiger partial charge in [0, 0.05) is 5.88 Å². The number of hydrogen-bond acceptors (Lipinski definition) is 0. The third-order valence-corrected chi connectivity index (χ3v) is 0.905. The Hall–Kier alpha value is 1.06. The Balaban J connectivity index is -0.0000000417. The van der Waals surface area contributed by atoms with E-state index in [9.17, 15) is 0 Å². The molecule has 0 aromatic heterocycles. The van der Waals surface area contributed by atoms with Gasteiger partial charge in [-0.25, -0.2) is 0 Å². The van der Waals surface area contributed by atoms with Gasteiger partial charge in [0.2, 0.25) is 0 Å². The molecule has 0 saturated heterocycles. The van der Waals surface area contributed by atoms with Crippen LogP contribution in [0.25, 0.3) is 0 Å². The number of rotatable bonds is 2. The molecule has 0 heterocycles. The average Bonchev–Trinajstić information content (AvgIpc) is 1.35. The smallest absolute Gasteiger partial charge is 1.00 e. The summed E-state index contributed by atoms with van der Waals surface area (Å²) in [4.78, 5) is 0. The largest absolute Gasteiger partial charge is 2.00 e. The summed E-state index contributed by atoms with van der Waals surface area (Å²) >= 11 is 5.40. The molecule has 0 radical (unpaired) electrons. The van der Waals surface area contributed by atoms with E-state index in [0.717, 1.165) is 18.2 Å². The normalized spacial score (nSPS) is 8.57.